The first kappa shape index (κ1) is 26.6. The normalized spacial score (nSPS) is 11.6. The van der Waals surface area contributed by atoms with Crippen LogP contribution in [0.3, 0.4) is 0 Å². The summed E-state index contributed by atoms with van der Waals surface area (Å²) in [5.41, 5.74) is 1.73. The van der Waals surface area contributed by atoms with Crippen molar-refractivity contribution < 1.29 is 19.8 Å². The number of aromatic hydroxyl groups is 1. The zero-order valence-corrected chi connectivity index (χ0v) is 22.6. The van der Waals surface area contributed by atoms with Gasteiger partial charge in [-0.25, -0.2) is 0 Å². The van der Waals surface area contributed by atoms with Crippen molar-refractivity contribution in [3.05, 3.63) is 54.9 Å². The Kier molecular flexibility index (Phi) is 11.0. The lowest BCUT2D eigenvalue weighted by molar-refractivity contribution is -0.115. The first-order valence-corrected chi connectivity index (χ1v) is 12.3. The number of carbonyl (C=O) groups excluding carboxylic acids is 1. The highest BCUT2D eigenvalue weighted by molar-refractivity contribution is 9.11. The Morgan fingerprint density at radius 1 is 1.09 bits per heavy atom. The van der Waals surface area contributed by atoms with E-state index in [0.717, 1.165) is 38.8 Å². The largest absolute Gasteiger partial charge is 0.507 e. The van der Waals surface area contributed by atoms with E-state index < -0.39 is 5.91 Å². The minimum atomic E-state index is -0.448. The smallest absolute Gasteiger partial charge is 0.269 e. The maximum atomic E-state index is 12.4. The SMILES string of the molecule is CN(C)CCCOc1c(Br)cc(CCNC(=O)C(Cc2ccc(O)c(Br)c2)=NO)cc1Br. The van der Waals surface area contributed by atoms with Crippen molar-refractivity contribution in [2.45, 2.75) is 19.3 Å². The summed E-state index contributed by atoms with van der Waals surface area (Å²) in [6.07, 6.45) is 1.65. The highest BCUT2D eigenvalue weighted by atomic mass is 79.9. The van der Waals surface area contributed by atoms with Gasteiger partial charge in [-0.1, -0.05) is 11.2 Å². The first-order chi connectivity index (χ1) is 15.2. The Morgan fingerprint density at radius 2 is 1.75 bits per heavy atom. The number of hydrogen-bond acceptors (Lipinski definition) is 6. The number of rotatable bonds is 11. The Balaban J connectivity index is 1.88. The minimum absolute atomic E-state index is 0.00794. The summed E-state index contributed by atoms with van der Waals surface area (Å²) < 4.78 is 8.07. The molecule has 0 aliphatic rings. The molecule has 0 atom stereocenters. The van der Waals surface area contributed by atoms with Crippen LogP contribution in [0.2, 0.25) is 0 Å². The van der Waals surface area contributed by atoms with Crippen LogP contribution in [0.1, 0.15) is 17.5 Å². The lowest BCUT2D eigenvalue weighted by atomic mass is 10.1. The molecule has 0 fully saturated rings. The van der Waals surface area contributed by atoms with Crippen LogP contribution in [-0.4, -0.2) is 60.6 Å². The second-order valence-electron chi connectivity index (χ2n) is 7.41. The van der Waals surface area contributed by atoms with Gasteiger partial charge < -0.3 is 25.3 Å². The van der Waals surface area contributed by atoms with E-state index in [-0.39, 0.29) is 17.9 Å². The second kappa shape index (κ2) is 13.2. The molecule has 7 nitrogen and oxygen atoms in total. The number of nitrogens with zero attached hydrogens (tertiary/aromatic N) is 2. The molecule has 0 saturated heterocycles. The van der Waals surface area contributed by atoms with Crippen LogP contribution in [0, 0.1) is 0 Å². The van der Waals surface area contributed by atoms with Gasteiger partial charge in [0.1, 0.15) is 17.2 Å². The third kappa shape index (κ3) is 8.38. The standard InChI is InChI=1S/C22H26Br3N3O4/c1-28(2)8-3-9-32-21-17(24)11-15(12-18(21)25)6-7-26-22(30)19(27-31)13-14-4-5-20(29)16(23)10-14/h4-5,10-12,29,31H,3,6-9,13H2,1-2H3,(H,26,30). The van der Waals surface area contributed by atoms with Crippen molar-refractivity contribution in [3.8, 4) is 11.5 Å². The topological polar surface area (TPSA) is 94.4 Å². The van der Waals surface area contributed by atoms with E-state index in [2.05, 4.69) is 63.2 Å². The fourth-order valence-corrected chi connectivity index (χ4v) is 4.82. The van der Waals surface area contributed by atoms with Gasteiger partial charge in [-0.05, 0) is 110 Å². The number of hydrogen-bond donors (Lipinski definition) is 3. The summed E-state index contributed by atoms with van der Waals surface area (Å²) in [7, 11) is 4.06. The number of oxime groups is 1. The minimum Gasteiger partial charge on any atom is -0.507 e. The predicted molar refractivity (Wildman–Crippen MR) is 136 cm³/mol. The van der Waals surface area contributed by atoms with E-state index in [9.17, 15) is 15.1 Å². The molecule has 10 heteroatoms. The first-order valence-electron chi connectivity index (χ1n) is 9.93. The highest BCUT2D eigenvalue weighted by Crippen LogP contribution is 2.35. The van der Waals surface area contributed by atoms with Crippen molar-refractivity contribution in [3.63, 3.8) is 0 Å². The molecule has 0 aliphatic carbocycles. The molecule has 0 aromatic heterocycles. The molecular weight excluding hydrogens is 610 g/mol. The average Bonchev–Trinajstić information content (AvgIpc) is 2.73. The molecular formula is C22H26Br3N3O4. The van der Waals surface area contributed by atoms with Gasteiger partial charge in [0.25, 0.3) is 5.91 Å². The molecule has 0 heterocycles. The van der Waals surface area contributed by atoms with Gasteiger partial charge in [-0.15, -0.1) is 0 Å². The number of phenolic OH excluding ortho intramolecular Hbond substituents is 1. The van der Waals surface area contributed by atoms with Gasteiger partial charge in [0.05, 0.1) is 20.0 Å². The molecule has 0 aliphatic heterocycles. The lowest BCUT2D eigenvalue weighted by Crippen LogP contribution is -2.33. The lowest BCUT2D eigenvalue weighted by Gasteiger charge is -2.14. The summed E-state index contributed by atoms with van der Waals surface area (Å²) in [6.45, 7) is 1.95. The van der Waals surface area contributed by atoms with Crippen LogP contribution in [0.25, 0.3) is 0 Å². The number of carbonyl (C=O) groups is 1. The Morgan fingerprint density at radius 3 is 2.34 bits per heavy atom. The molecule has 0 unspecified atom stereocenters. The van der Waals surface area contributed by atoms with Crippen molar-refractivity contribution in [1.29, 1.82) is 0 Å². The summed E-state index contributed by atoms with van der Waals surface area (Å²) in [5.74, 6) is 0.407. The molecule has 0 saturated carbocycles. The van der Waals surface area contributed by atoms with Gasteiger partial charge in [0, 0.05) is 19.5 Å². The number of ether oxygens (including phenoxy) is 1. The molecule has 32 heavy (non-hydrogen) atoms. The zero-order chi connectivity index (χ0) is 23.7. The summed E-state index contributed by atoms with van der Waals surface area (Å²) in [4.78, 5) is 14.5. The van der Waals surface area contributed by atoms with E-state index in [1.54, 1.807) is 12.1 Å². The van der Waals surface area contributed by atoms with Gasteiger partial charge in [-0.3, -0.25) is 4.79 Å². The number of halogens is 3. The van der Waals surface area contributed by atoms with Gasteiger partial charge in [-0.2, -0.15) is 0 Å². The quantitative estimate of drug-likeness (QED) is 0.144. The van der Waals surface area contributed by atoms with E-state index in [0.29, 0.717) is 24.0 Å². The third-order valence-corrected chi connectivity index (χ3v) is 6.33. The van der Waals surface area contributed by atoms with E-state index >= 15 is 0 Å². The molecule has 3 N–H and O–H groups in total. The second-order valence-corrected chi connectivity index (χ2v) is 9.97. The van der Waals surface area contributed by atoms with E-state index in [1.807, 2.05) is 26.2 Å². The number of nitrogens with one attached hydrogen (secondary N) is 1. The van der Waals surface area contributed by atoms with Crippen molar-refractivity contribution in [2.24, 2.45) is 5.16 Å². The molecule has 0 bridgehead atoms. The van der Waals surface area contributed by atoms with Crippen LogP contribution in [0.4, 0.5) is 0 Å². The van der Waals surface area contributed by atoms with E-state index in [1.165, 1.54) is 6.07 Å². The predicted octanol–water partition coefficient (Wildman–Crippen LogP) is 4.74. The molecule has 1 amide bonds. The van der Waals surface area contributed by atoms with Crippen LogP contribution in [-0.2, 0) is 17.6 Å². The molecule has 2 rings (SSSR count). The third-order valence-electron chi connectivity index (χ3n) is 4.52. The van der Waals surface area contributed by atoms with Crippen molar-refractivity contribution in [2.75, 3.05) is 33.8 Å². The summed E-state index contributed by atoms with van der Waals surface area (Å²) in [6, 6.07) is 8.78. The van der Waals surface area contributed by atoms with Crippen LogP contribution in [0.15, 0.2) is 48.9 Å². The number of phenols is 1. The van der Waals surface area contributed by atoms with Gasteiger partial charge >= 0.3 is 0 Å². The fraction of sp³-hybridized carbons (Fsp3) is 0.364. The Labute approximate surface area is 213 Å². The number of amides is 1. The zero-order valence-electron chi connectivity index (χ0n) is 17.9. The monoisotopic (exact) mass is 633 g/mol. The Hall–Kier alpha value is -1.62. The maximum absolute atomic E-state index is 12.4. The average molecular weight is 636 g/mol. The van der Waals surface area contributed by atoms with Crippen LogP contribution >= 0.6 is 47.8 Å². The van der Waals surface area contributed by atoms with Gasteiger partial charge in [0.2, 0.25) is 0 Å². The molecule has 0 spiro atoms. The maximum Gasteiger partial charge on any atom is 0.269 e. The molecule has 0 radical (unpaired) electrons. The van der Waals surface area contributed by atoms with Crippen molar-refractivity contribution in [1.82, 2.24) is 10.2 Å². The summed E-state index contributed by atoms with van der Waals surface area (Å²) >= 11 is 10.3. The summed E-state index contributed by atoms with van der Waals surface area (Å²) in [5, 5.41) is 24.8. The van der Waals surface area contributed by atoms with Crippen molar-refractivity contribution >= 4 is 59.4 Å². The fourth-order valence-electron chi connectivity index (χ4n) is 2.89. The van der Waals surface area contributed by atoms with Gasteiger partial charge in [0.15, 0.2) is 0 Å². The molecule has 2 aromatic rings. The van der Waals surface area contributed by atoms with Crippen LogP contribution < -0.4 is 10.1 Å². The Bertz CT molecular complexity index is 944. The highest BCUT2D eigenvalue weighted by Gasteiger charge is 2.14. The molecule has 174 valence electrons. The van der Waals surface area contributed by atoms with E-state index in [4.69, 9.17) is 4.74 Å². The molecule has 2 aromatic carbocycles. The van der Waals surface area contributed by atoms with Crippen LogP contribution in [0.5, 0.6) is 11.5 Å². The number of benzene rings is 2.